The molecule has 17 heavy (non-hydrogen) atoms. The van der Waals surface area contributed by atoms with Crippen LogP contribution in [0.1, 0.15) is 28.3 Å². The van der Waals surface area contributed by atoms with Crippen molar-refractivity contribution in [2.45, 2.75) is 32.2 Å². The fraction of sp³-hybridized carbons (Fsp3) is 0.500. The molecule has 0 aliphatic carbocycles. The number of aryl methyl sites for hydroxylation is 2. The fourth-order valence-corrected chi connectivity index (χ4v) is 3.04. The third kappa shape index (κ3) is 2.69. The molecular formula is C12H15ClN2OS. The van der Waals surface area contributed by atoms with Crippen LogP contribution in [-0.4, -0.2) is 24.2 Å². The zero-order chi connectivity index (χ0) is 12.4. The number of alkyl halides is 1. The highest BCUT2D eigenvalue weighted by atomic mass is 35.5. The molecule has 0 radical (unpaired) electrons. The number of ether oxygens (including phenoxy) is 1. The quantitative estimate of drug-likeness (QED) is 0.758. The molecule has 1 aromatic heterocycles. The van der Waals surface area contributed by atoms with Gasteiger partial charge in [0, 0.05) is 16.0 Å². The lowest BCUT2D eigenvalue weighted by atomic mass is 10.0. The third-order valence-corrected chi connectivity index (χ3v) is 3.88. The second kappa shape index (κ2) is 5.19. The first-order chi connectivity index (χ1) is 8.11. The molecule has 0 spiro atoms. The Labute approximate surface area is 110 Å². The minimum absolute atomic E-state index is 0.0827. The van der Waals surface area contributed by atoms with Crippen molar-refractivity contribution in [1.29, 1.82) is 0 Å². The summed E-state index contributed by atoms with van der Waals surface area (Å²) in [4.78, 5) is 11.1. The molecule has 0 aromatic carbocycles. The number of hydrogen-bond donors (Lipinski definition) is 0. The Morgan fingerprint density at radius 3 is 2.82 bits per heavy atom. The molecule has 0 fully saturated rings. The molecule has 2 rings (SSSR count). The fourth-order valence-electron chi connectivity index (χ4n) is 1.83. The maximum atomic E-state index is 6.26. The summed E-state index contributed by atoms with van der Waals surface area (Å²) in [7, 11) is 0. The lowest BCUT2D eigenvalue weighted by Crippen LogP contribution is -2.21. The molecule has 2 heterocycles. The maximum absolute atomic E-state index is 6.26. The smallest absolute Gasteiger partial charge is 0.311 e. The van der Waals surface area contributed by atoms with Gasteiger partial charge in [-0.25, -0.2) is 9.98 Å². The molecule has 3 nitrogen and oxygen atoms in total. The zero-order valence-corrected chi connectivity index (χ0v) is 11.7. The van der Waals surface area contributed by atoms with E-state index >= 15 is 0 Å². The molecule has 2 unspecified atom stereocenters. The van der Waals surface area contributed by atoms with Gasteiger partial charge in [-0.2, -0.15) is 0 Å². The highest BCUT2D eigenvalue weighted by molar-refractivity contribution is 7.12. The standard InChI is InChI=1S/C12H15ClN2OS/c1-4-16-12-14-6-10(13)11(15-12)9-5-7(2)17-8(9)3/h5-6,10-11H,4H2,1-3H3. The molecular weight excluding hydrogens is 256 g/mol. The minimum atomic E-state index is -0.202. The van der Waals surface area contributed by atoms with Crippen molar-refractivity contribution in [3.63, 3.8) is 0 Å². The van der Waals surface area contributed by atoms with Crippen LogP contribution in [0.15, 0.2) is 16.1 Å². The van der Waals surface area contributed by atoms with Gasteiger partial charge in [0.1, 0.15) is 6.04 Å². The summed E-state index contributed by atoms with van der Waals surface area (Å²) in [6.45, 7) is 6.67. The Balaban J connectivity index is 2.30. The van der Waals surface area contributed by atoms with Crippen LogP contribution in [0.3, 0.4) is 0 Å². The molecule has 0 saturated heterocycles. The van der Waals surface area contributed by atoms with Gasteiger partial charge in [0.25, 0.3) is 0 Å². The number of aliphatic imine (C=N–C) groups is 2. The number of halogens is 1. The Morgan fingerprint density at radius 2 is 2.24 bits per heavy atom. The summed E-state index contributed by atoms with van der Waals surface area (Å²) in [5.74, 6) is 0. The van der Waals surface area contributed by atoms with Gasteiger partial charge in [0.15, 0.2) is 0 Å². The Hall–Kier alpha value is -0.870. The van der Waals surface area contributed by atoms with Crippen LogP contribution in [0.2, 0.25) is 0 Å². The van der Waals surface area contributed by atoms with Crippen LogP contribution >= 0.6 is 22.9 Å². The first-order valence-corrected chi connectivity index (χ1v) is 6.83. The van der Waals surface area contributed by atoms with E-state index in [4.69, 9.17) is 16.3 Å². The van der Waals surface area contributed by atoms with Crippen LogP contribution in [0, 0.1) is 13.8 Å². The molecule has 92 valence electrons. The lowest BCUT2D eigenvalue weighted by molar-refractivity contribution is 0.317. The van der Waals surface area contributed by atoms with Gasteiger partial charge in [-0.1, -0.05) is 0 Å². The Bertz CT molecular complexity index is 467. The molecule has 1 aliphatic heterocycles. The van der Waals surface area contributed by atoms with Gasteiger partial charge >= 0.3 is 6.02 Å². The van der Waals surface area contributed by atoms with Crippen molar-refractivity contribution in [3.8, 4) is 0 Å². The van der Waals surface area contributed by atoms with Crippen LogP contribution in [0.5, 0.6) is 0 Å². The van der Waals surface area contributed by atoms with Gasteiger partial charge in [0.05, 0.1) is 12.0 Å². The van der Waals surface area contributed by atoms with Crippen LogP contribution < -0.4 is 0 Å². The minimum Gasteiger partial charge on any atom is -0.464 e. The van der Waals surface area contributed by atoms with Crippen molar-refractivity contribution in [1.82, 2.24) is 0 Å². The SMILES string of the molecule is CCOC1=NC(c2cc(C)sc2C)C(Cl)C=N1. The first kappa shape index (κ1) is 12.6. The number of rotatable bonds is 2. The summed E-state index contributed by atoms with van der Waals surface area (Å²) in [6, 6.07) is 2.49. The van der Waals surface area contributed by atoms with Gasteiger partial charge < -0.3 is 4.74 Å². The van der Waals surface area contributed by atoms with E-state index in [1.807, 2.05) is 6.92 Å². The van der Waals surface area contributed by atoms with Gasteiger partial charge in [-0.3, -0.25) is 0 Å². The van der Waals surface area contributed by atoms with E-state index in [9.17, 15) is 0 Å². The monoisotopic (exact) mass is 270 g/mol. The second-order valence-corrected chi connectivity index (χ2v) is 5.85. The van der Waals surface area contributed by atoms with E-state index in [-0.39, 0.29) is 11.4 Å². The van der Waals surface area contributed by atoms with E-state index < -0.39 is 0 Å². The predicted octanol–water partition coefficient (Wildman–Crippen LogP) is 3.49. The number of nitrogens with zero attached hydrogens (tertiary/aromatic N) is 2. The molecule has 0 saturated carbocycles. The number of thiophene rings is 1. The number of amidine groups is 1. The predicted molar refractivity (Wildman–Crippen MR) is 73.7 cm³/mol. The summed E-state index contributed by atoms with van der Waals surface area (Å²) in [5.41, 5.74) is 1.18. The Kier molecular flexibility index (Phi) is 3.84. The van der Waals surface area contributed by atoms with Gasteiger partial charge in [-0.15, -0.1) is 22.9 Å². The molecule has 1 aliphatic rings. The molecule has 1 aromatic rings. The summed E-state index contributed by atoms with van der Waals surface area (Å²) >= 11 is 8.02. The number of hydrogen-bond acceptors (Lipinski definition) is 4. The molecule has 5 heteroatoms. The van der Waals surface area contributed by atoms with Gasteiger partial charge in [0.2, 0.25) is 0 Å². The highest BCUT2D eigenvalue weighted by Crippen LogP contribution is 2.33. The zero-order valence-electron chi connectivity index (χ0n) is 10.1. The maximum Gasteiger partial charge on any atom is 0.311 e. The van der Waals surface area contributed by atoms with Crippen molar-refractivity contribution >= 4 is 35.2 Å². The largest absolute Gasteiger partial charge is 0.464 e. The van der Waals surface area contributed by atoms with Crippen molar-refractivity contribution in [2.75, 3.05) is 6.61 Å². The van der Waals surface area contributed by atoms with E-state index in [2.05, 4.69) is 29.9 Å². The first-order valence-electron chi connectivity index (χ1n) is 5.57. The van der Waals surface area contributed by atoms with E-state index in [1.54, 1.807) is 17.6 Å². The van der Waals surface area contributed by atoms with Gasteiger partial charge in [-0.05, 0) is 32.4 Å². The Morgan fingerprint density at radius 1 is 1.47 bits per heavy atom. The normalized spacial score (nSPS) is 23.6. The van der Waals surface area contributed by atoms with E-state index in [1.165, 1.54) is 15.3 Å². The van der Waals surface area contributed by atoms with Crippen LogP contribution in [-0.2, 0) is 4.74 Å². The summed E-state index contributed by atoms with van der Waals surface area (Å²) < 4.78 is 5.33. The van der Waals surface area contributed by atoms with Crippen molar-refractivity contribution < 1.29 is 4.74 Å². The van der Waals surface area contributed by atoms with Crippen LogP contribution in [0.25, 0.3) is 0 Å². The second-order valence-electron chi connectivity index (χ2n) is 3.88. The van der Waals surface area contributed by atoms with Crippen molar-refractivity contribution in [2.24, 2.45) is 9.98 Å². The van der Waals surface area contributed by atoms with Crippen molar-refractivity contribution in [3.05, 3.63) is 21.4 Å². The molecule has 0 amide bonds. The lowest BCUT2D eigenvalue weighted by Gasteiger charge is -2.19. The third-order valence-electron chi connectivity index (χ3n) is 2.55. The molecule has 0 bridgehead atoms. The topological polar surface area (TPSA) is 34.0 Å². The molecule has 2 atom stereocenters. The average molecular weight is 271 g/mol. The van der Waals surface area contributed by atoms with Crippen LogP contribution in [0.4, 0.5) is 0 Å². The molecule has 0 N–H and O–H groups in total. The van der Waals surface area contributed by atoms with E-state index in [0.717, 1.165) is 0 Å². The highest BCUT2D eigenvalue weighted by Gasteiger charge is 2.26. The summed E-state index contributed by atoms with van der Waals surface area (Å²) in [5, 5.41) is -0.202. The summed E-state index contributed by atoms with van der Waals surface area (Å²) in [6.07, 6.45) is 1.71. The average Bonchev–Trinajstić information content (AvgIpc) is 2.61. The van der Waals surface area contributed by atoms with E-state index in [0.29, 0.717) is 12.6 Å².